The monoisotopic (exact) mass is 382 g/mol. The number of nitrogens with one attached hydrogen (secondary N) is 1. The van der Waals surface area contributed by atoms with Crippen molar-refractivity contribution in [3.05, 3.63) is 77.2 Å². The van der Waals surface area contributed by atoms with Gasteiger partial charge in [-0.3, -0.25) is 4.98 Å². The van der Waals surface area contributed by atoms with Crippen LogP contribution in [0.5, 0.6) is 0 Å². The van der Waals surface area contributed by atoms with Gasteiger partial charge in [0.15, 0.2) is 0 Å². The Morgan fingerprint density at radius 2 is 1.83 bits per heavy atom. The molecule has 5 heteroatoms. The molecule has 3 N–H and O–H groups in total. The Morgan fingerprint density at radius 3 is 2.58 bits per heavy atom. The molecule has 2 heterocycles. The van der Waals surface area contributed by atoms with E-state index in [0.717, 1.165) is 27.8 Å². The lowest BCUT2D eigenvalue weighted by Gasteiger charge is -2.14. The number of nitrogens with two attached hydrogens (primary N) is 1. The molecule has 0 saturated heterocycles. The molecular formula is C19H19BrN4. The maximum absolute atomic E-state index is 6.22. The van der Waals surface area contributed by atoms with E-state index in [1.807, 2.05) is 36.4 Å². The van der Waals surface area contributed by atoms with Crippen molar-refractivity contribution in [2.75, 3.05) is 11.9 Å². The molecule has 3 aromatic rings. The summed E-state index contributed by atoms with van der Waals surface area (Å²) < 4.78 is 0.952. The largest absolute Gasteiger partial charge is 0.368 e. The van der Waals surface area contributed by atoms with Crippen LogP contribution in [-0.4, -0.2) is 22.6 Å². The van der Waals surface area contributed by atoms with Crippen molar-refractivity contribution in [1.82, 2.24) is 9.97 Å². The molecule has 0 radical (unpaired) electrons. The zero-order valence-corrected chi connectivity index (χ0v) is 14.8. The van der Waals surface area contributed by atoms with Crippen LogP contribution in [0.1, 0.15) is 5.56 Å². The van der Waals surface area contributed by atoms with Crippen LogP contribution in [0.3, 0.4) is 0 Å². The van der Waals surface area contributed by atoms with E-state index >= 15 is 0 Å². The summed E-state index contributed by atoms with van der Waals surface area (Å²) >= 11 is 3.56. The van der Waals surface area contributed by atoms with Crippen LogP contribution >= 0.6 is 15.9 Å². The van der Waals surface area contributed by atoms with Crippen molar-refractivity contribution in [1.29, 1.82) is 0 Å². The van der Waals surface area contributed by atoms with Gasteiger partial charge < -0.3 is 11.1 Å². The van der Waals surface area contributed by atoms with E-state index in [9.17, 15) is 0 Å². The van der Waals surface area contributed by atoms with Crippen LogP contribution in [0.15, 0.2) is 71.6 Å². The third-order valence-electron chi connectivity index (χ3n) is 3.73. The Kier molecular flexibility index (Phi) is 5.56. The van der Waals surface area contributed by atoms with Crippen molar-refractivity contribution >= 4 is 21.7 Å². The molecule has 0 aliphatic heterocycles. The van der Waals surface area contributed by atoms with Crippen molar-refractivity contribution in [2.24, 2.45) is 5.73 Å². The van der Waals surface area contributed by atoms with Gasteiger partial charge in [-0.05, 0) is 51.7 Å². The summed E-state index contributed by atoms with van der Waals surface area (Å²) in [5.74, 6) is 0.813. The molecule has 24 heavy (non-hydrogen) atoms. The van der Waals surface area contributed by atoms with E-state index in [-0.39, 0.29) is 6.04 Å². The van der Waals surface area contributed by atoms with Gasteiger partial charge in [-0.25, -0.2) is 4.98 Å². The average molecular weight is 383 g/mol. The van der Waals surface area contributed by atoms with Crippen molar-refractivity contribution in [3.63, 3.8) is 0 Å². The fraction of sp³-hybridized carbons (Fsp3) is 0.158. The predicted octanol–water partition coefficient (Wildman–Crippen LogP) is 3.89. The molecule has 0 aliphatic carbocycles. The quantitative estimate of drug-likeness (QED) is 0.678. The van der Waals surface area contributed by atoms with Crippen LogP contribution in [-0.2, 0) is 6.42 Å². The number of anilines is 1. The fourth-order valence-electron chi connectivity index (χ4n) is 2.51. The molecule has 4 nitrogen and oxygen atoms in total. The summed E-state index contributed by atoms with van der Waals surface area (Å²) in [5.41, 5.74) is 9.64. The summed E-state index contributed by atoms with van der Waals surface area (Å²) in [6.07, 6.45) is 6.21. The molecule has 1 aromatic carbocycles. The first-order valence-corrected chi connectivity index (χ1v) is 8.61. The lowest BCUT2D eigenvalue weighted by molar-refractivity contribution is 0.698. The standard InChI is InChI=1S/C19H19BrN4/c20-18-13-24-19(11-17(18)15-6-8-22-9-7-15)23-12-16(21)10-14-4-2-1-3-5-14/h1-9,11,13,16H,10,12,21H2,(H,23,24)/t16-/m0/s1. The van der Waals surface area contributed by atoms with Crippen molar-refractivity contribution in [3.8, 4) is 11.1 Å². The number of benzene rings is 1. The van der Waals surface area contributed by atoms with Crippen LogP contribution in [0.2, 0.25) is 0 Å². The minimum absolute atomic E-state index is 0.0298. The van der Waals surface area contributed by atoms with Crippen LogP contribution in [0, 0.1) is 0 Å². The minimum atomic E-state index is 0.0298. The highest BCUT2D eigenvalue weighted by Crippen LogP contribution is 2.29. The molecular weight excluding hydrogens is 364 g/mol. The molecule has 0 saturated carbocycles. The molecule has 2 aromatic heterocycles. The number of halogens is 1. The Hall–Kier alpha value is -2.24. The van der Waals surface area contributed by atoms with Gasteiger partial charge in [0.05, 0.1) is 0 Å². The van der Waals surface area contributed by atoms with E-state index in [4.69, 9.17) is 5.73 Å². The molecule has 0 fully saturated rings. The average Bonchev–Trinajstić information content (AvgIpc) is 2.62. The van der Waals surface area contributed by atoms with Crippen LogP contribution in [0.25, 0.3) is 11.1 Å². The molecule has 0 unspecified atom stereocenters. The first-order chi connectivity index (χ1) is 11.7. The number of hydrogen-bond acceptors (Lipinski definition) is 4. The van der Waals surface area contributed by atoms with E-state index in [0.29, 0.717) is 6.54 Å². The highest BCUT2D eigenvalue weighted by molar-refractivity contribution is 9.10. The summed E-state index contributed by atoms with van der Waals surface area (Å²) in [4.78, 5) is 8.47. The fourth-order valence-corrected chi connectivity index (χ4v) is 2.96. The first kappa shape index (κ1) is 16.6. The zero-order valence-electron chi connectivity index (χ0n) is 13.2. The Morgan fingerprint density at radius 1 is 1.08 bits per heavy atom. The SMILES string of the molecule is N[C@H](CNc1cc(-c2ccncc2)c(Br)cn1)Cc1ccccc1. The number of rotatable bonds is 6. The second kappa shape index (κ2) is 8.04. The van der Waals surface area contributed by atoms with Crippen LogP contribution < -0.4 is 11.1 Å². The maximum atomic E-state index is 6.22. The summed E-state index contributed by atoms with van der Waals surface area (Å²) in [5, 5.41) is 3.33. The number of aromatic nitrogens is 2. The Balaban J connectivity index is 1.65. The molecule has 1 atom stereocenters. The van der Waals surface area contributed by atoms with Gasteiger partial charge >= 0.3 is 0 Å². The molecule has 122 valence electrons. The maximum Gasteiger partial charge on any atom is 0.126 e. The molecule has 0 aliphatic rings. The van der Waals surface area contributed by atoms with E-state index in [1.54, 1.807) is 18.6 Å². The smallest absolute Gasteiger partial charge is 0.126 e. The summed E-state index contributed by atoms with van der Waals surface area (Å²) in [6, 6.07) is 16.3. The van der Waals surface area contributed by atoms with Gasteiger partial charge in [-0.1, -0.05) is 30.3 Å². The first-order valence-electron chi connectivity index (χ1n) is 7.81. The third-order valence-corrected chi connectivity index (χ3v) is 4.36. The van der Waals surface area contributed by atoms with Crippen molar-refractivity contribution in [2.45, 2.75) is 12.5 Å². The predicted molar refractivity (Wildman–Crippen MR) is 102 cm³/mol. The topological polar surface area (TPSA) is 63.8 Å². The molecule has 0 amide bonds. The zero-order chi connectivity index (χ0) is 16.8. The second-order valence-corrected chi connectivity index (χ2v) is 6.47. The van der Waals surface area contributed by atoms with Crippen LogP contribution in [0.4, 0.5) is 5.82 Å². The third kappa shape index (κ3) is 4.40. The molecule has 3 rings (SSSR count). The summed E-state index contributed by atoms with van der Waals surface area (Å²) in [6.45, 7) is 0.666. The molecule has 0 bridgehead atoms. The highest BCUT2D eigenvalue weighted by Gasteiger charge is 2.08. The normalized spacial score (nSPS) is 11.9. The van der Waals surface area contributed by atoms with E-state index in [1.165, 1.54) is 5.56 Å². The van der Waals surface area contributed by atoms with Gasteiger partial charge in [0.2, 0.25) is 0 Å². The lowest BCUT2D eigenvalue weighted by atomic mass is 10.1. The number of nitrogens with zero attached hydrogens (tertiary/aromatic N) is 2. The number of hydrogen-bond donors (Lipinski definition) is 2. The Bertz CT molecular complexity index is 778. The minimum Gasteiger partial charge on any atom is -0.368 e. The lowest BCUT2D eigenvalue weighted by Crippen LogP contribution is -2.31. The van der Waals surface area contributed by atoms with Crippen molar-refractivity contribution < 1.29 is 0 Å². The van der Waals surface area contributed by atoms with Gasteiger partial charge in [0.1, 0.15) is 5.82 Å². The Labute approximate surface area is 150 Å². The van der Waals surface area contributed by atoms with Gasteiger partial charge in [-0.2, -0.15) is 0 Å². The van der Waals surface area contributed by atoms with E-state index < -0.39 is 0 Å². The van der Waals surface area contributed by atoms with Gasteiger partial charge in [-0.15, -0.1) is 0 Å². The van der Waals surface area contributed by atoms with E-state index in [2.05, 4.69) is 43.3 Å². The summed E-state index contributed by atoms with van der Waals surface area (Å²) in [7, 11) is 0. The van der Waals surface area contributed by atoms with Gasteiger partial charge in [0.25, 0.3) is 0 Å². The second-order valence-electron chi connectivity index (χ2n) is 5.62. The highest BCUT2D eigenvalue weighted by atomic mass is 79.9. The van der Waals surface area contributed by atoms with Gasteiger partial charge in [0, 0.05) is 41.2 Å². The number of pyridine rings is 2. The molecule has 0 spiro atoms.